The van der Waals surface area contributed by atoms with Gasteiger partial charge in [-0.15, -0.1) is 0 Å². The van der Waals surface area contributed by atoms with Crippen molar-refractivity contribution in [3.05, 3.63) is 48.3 Å². The number of anilines is 2. The molecular formula is C13H12N4. The molecular weight excluding hydrogens is 212 g/mol. The summed E-state index contributed by atoms with van der Waals surface area (Å²) in [4.78, 5) is 8.16. The summed E-state index contributed by atoms with van der Waals surface area (Å²) >= 11 is 0. The molecule has 0 aliphatic carbocycles. The second-order valence-corrected chi connectivity index (χ2v) is 3.67. The number of hydrogen-bond donors (Lipinski definition) is 1. The zero-order chi connectivity index (χ0) is 12.1. The highest BCUT2D eigenvalue weighted by Gasteiger charge is 2.04. The molecule has 0 fully saturated rings. The lowest BCUT2D eigenvalue weighted by Crippen LogP contribution is -1.97. The highest BCUT2D eigenvalue weighted by atomic mass is 15.1. The van der Waals surface area contributed by atoms with Crippen molar-refractivity contribution in [1.82, 2.24) is 9.97 Å². The van der Waals surface area contributed by atoms with Crippen molar-refractivity contribution in [2.75, 3.05) is 5.32 Å². The van der Waals surface area contributed by atoms with Crippen molar-refractivity contribution in [3.63, 3.8) is 0 Å². The largest absolute Gasteiger partial charge is 0.324 e. The molecule has 84 valence electrons. The van der Waals surface area contributed by atoms with Gasteiger partial charge in [-0.2, -0.15) is 5.26 Å². The Morgan fingerprint density at radius 1 is 1.24 bits per heavy atom. The van der Waals surface area contributed by atoms with Crippen molar-refractivity contribution in [2.45, 2.75) is 12.8 Å². The summed E-state index contributed by atoms with van der Waals surface area (Å²) in [5.74, 6) is 0.433. The van der Waals surface area contributed by atoms with Gasteiger partial charge in [-0.25, -0.2) is 9.97 Å². The molecule has 0 aliphatic rings. The van der Waals surface area contributed by atoms with E-state index in [1.807, 2.05) is 31.2 Å². The van der Waals surface area contributed by atoms with Crippen LogP contribution in [0.15, 0.2) is 42.7 Å². The Morgan fingerprint density at radius 3 is 2.71 bits per heavy atom. The van der Waals surface area contributed by atoms with Crippen LogP contribution in [-0.2, 0) is 0 Å². The molecule has 1 aromatic carbocycles. The second kappa shape index (κ2) is 5.08. The zero-order valence-corrected chi connectivity index (χ0v) is 9.46. The fourth-order valence-electron chi connectivity index (χ4n) is 1.45. The summed E-state index contributed by atoms with van der Waals surface area (Å²) in [7, 11) is 0. The molecule has 2 rings (SSSR count). The predicted molar refractivity (Wildman–Crippen MR) is 65.8 cm³/mol. The van der Waals surface area contributed by atoms with Gasteiger partial charge in [0.1, 0.15) is 0 Å². The molecule has 0 bridgehead atoms. The molecule has 0 spiro atoms. The molecule has 1 N–H and O–H groups in total. The van der Waals surface area contributed by atoms with Crippen molar-refractivity contribution in [2.24, 2.45) is 0 Å². The highest BCUT2D eigenvalue weighted by molar-refractivity contribution is 5.54. The predicted octanol–water partition coefficient (Wildman–Crippen LogP) is 2.85. The first-order chi connectivity index (χ1) is 8.29. The molecule has 2 aromatic rings. The molecule has 0 aliphatic heterocycles. The van der Waals surface area contributed by atoms with Crippen LogP contribution in [0, 0.1) is 11.3 Å². The van der Waals surface area contributed by atoms with Crippen molar-refractivity contribution in [3.8, 4) is 6.07 Å². The number of nitrogens with zero attached hydrogens (tertiary/aromatic N) is 3. The first-order valence-electron chi connectivity index (χ1n) is 5.33. The quantitative estimate of drug-likeness (QED) is 0.870. The Balaban J connectivity index is 2.20. The first-order valence-corrected chi connectivity index (χ1v) is 5.33. The van der Waals surface area contributed by atoms with Gasteiger partial charge >= 0.3 is 0 Å². The number of aromatic nitrogens is 2. The minimum Gasteiger partial charge on any atom is -0.324 e. The maximum atomic E-state index is 8.87. The van der Waals surface area contributed by atoms with Crippen LogP contribution in [-0.4, -0.2) is 9.97 Å². The van der Waals surface area contributed by atoms with E-state index in [0.717, 1.165) is 11.3 Å². The summed E-state index contributed by atoms with van der Waals surface area (Å²) in [6.07, 6.45) is 3.36. The third-order valence-electron chi connectivity index (χ3n) is 2.40. The van der Waals surface area contributed by atoms with E-state index in [-0.39, 0.29) is 5.92 Å². The molecule has 4 nitrogen and oxygen atoms in total. The van der Waals surface area contributed by atoms with Gasteiger partial charge in [-0.05, 0) is 30.7 Å². The second-order valence-electron chi connectivity index (χ2n) is 3.67. The lowest BCUT2D eigenvalue weighted by atomic mass is 10.0. The zero-order valence-electron chi connectivity index (χ0n) is 9.46. The highest BCUT2D eigenvalue weighted by Crippen LogP contribution is 2.20. The lowest BCUT2D eigenvalue weighted by Gasteiger charge is -2.07. The fraction of sp³-hybridized carbons (Fsp3) is 0.154. The van der Waals surface area contributed by atoms with E-state index in [1.54, 1.807) is 18.5 Å². The van der Waals surface area contributed by atoms with Gasteiger partial charge in [0.15, 0.2) is 0 Å². The molecule has 1 unspecified atom stereocenters. The lowest BCUT2D eigenvalue weighted by molar-refractivity contribution is 0.982. The molecule has 1 atom stereocenters. The summed E-state index contributed by atoms with van der Waals surface area (Å²) in [6.45, 7) is 1.87. The van der Waals surface area contributed by atoms with Gasteiger partial charge in [0.2, 0.25) is 5.95 Å². The monoisotopic (exact) mass is 224 g/mol. The number of nitrogens with one attached hydrogen (secondary N) is 1. The fourth-order valence-corrected chi connectivity index (χ4v) is 1.45. The summed E-state index contributed by atoms with van der Waals surface area (Å²) < 4.78 is 0. The number of rotatable bonds is 3. The molecule has 0 saturated heterocycles. The van der Waals surface area contributed by atoms with Gasteiger partial charge in [0, 0.05) is 18.1 Å². The van der Waals surface area contributed by atoms with Crippen LogP contribution in [0.3, 0.4) is 0 Å². The van der Waals surface area contributed by atoms with Gasteiger partial charge in [0.05, 0.1) is 12.0 Å². The van der Waals surface area contributed by atoms with Crippen molar-refractivity contribution >= 4 is 11.6 Å². The third kappa shape index (κ3) is 2.79. The van der Waals surface area contributed by atoms with Crippen molar-refractivity contribution in [1.29, 1.82) is 5.26 Å². The van der Waals surface area contributed by atoms with Crippen LogP contribution < -0.4 is 5.32 Å². The Labute approximate surface area is 100.0 Å². The summed E-state index contributed by atoms with van der Waals surface area (Å²) in [5, 5.41) is 12.0. The standard InChI is InChI=1S/C13H12N4/c1-10(9-14)11-4-2-5-12(8-11)17-13-15-6-3-7-16-13/h2-8,10H,1H3,(H,15,16,17). The smallest absolute Gasteiger partial charge is 0.227 e. The van der Waals surface area contributed by atoms with Crippen LogP contribution in [0.4, 0.5) is 11.6 Å². The van der Waals surface area contributed by atoms with Crippen LogP contribution in [0.2, 0.25) is 0 Å². The van der Waals surface area contributed by atoms with E-state index >= 15 is 0 Å². The number of hydrogen-bond acceptors (Lipinski definition) is 4. The van der Waals surface area contributed by atoms with E-state index in [0.29, 0.717) is 5.95 Å². The van der Waals surface area contributed by atoms with Gasteiger partial charge in [-0.3, -0.25) is 0 Å². The van der Waals surface area contributed by atoms with Crippen LogP contribution >= 0.6 is 0 Å². The minimum atomic E-state index is -0.117. The van der Waals surface area contributed by atoms with Crippen LogP contribution in [0.5, 0.6) is 0 Å². The SMILES string of the molecule is CC(C#N)c1cccc(Nc2ncccn2)c1. The average molecular weight is 224 g/mol. The summed E-state index contributed by atoms with van der Waals surface area (Å²) in [6, 6.07) is 11.7. The van der Waals surface area contributed by atoms with Gasteiger partial charge in [0.25, 0.3) is 0 Å². The Morgan fingerprint density at radius 2 is 2.00 bits per heavy atom. The Kier molecular flexibility index (Phi) is 3.31. The molecule has 4 heteroatoms. The molecule has 1 heterocycles. The molecule has 1 aromatic heterocycles. The molecule has 0 radical (unpaired) electrons. The summed E-state index contributed by atoms with van der Waals surface area (Å²) in [5.41, 5.74) is 1.87. The van der Waals surface area contributed by atoms with Crippen LogP contribution in [0.25, 0.3) is 0 Å². The Bertz CT molecular complexity index is 531. The van der Waals surface area contributed by atoms with E-state index in [4.69, 9.17) is 5.26 Å². The molecule has 17 heavy (non-hydrogen) atoms. The third-order valence-corrected chi connectivity index (χ3v) is 2.40. The number of nitriles is 1. The normalized spacial score (nSPS) is 11.5. The van der Waals surface area contributed by atoms with E-state index in [2.05, 4.69) is 21.4 Å². The molecule has 0 amide bonds. The van der Waals surface area contributed by atoms with Crippen LogP contribution in [0.1, 0.15) is 18.4 Å². The average Bonchev–Trinajstić information content (AvgIpc) is 2.39. The van der Waals surface area contributed by atoms with Gasteiger partial charge < -0.3 is 5.32 Å². The van der Waals surface area contributed by atoms with Crippen molar-refractivity contribution < 1.29 is 0 Å². The number of benzene rings is 1. The maximum Gasteiger partial charge on any atom is 0.227 e. The first kappa shape index (κ1) is 11.1. The van der Waals surface area contributed by atoms with E-state index in [1.165, 1.54) is 0 Å². The van der Waals surface area contributed by atoms with E-state index in [9.17, 15) is 0 Å². The minimum absolute atomic E-state index is 0.117. The van der Waals surface area contributed by atoms with Gasteiger partial charge in [-0.1, -0.05) is 12.1 Å². The van der Waals surface area contributed by atoms with E-state index < -0.39 is 0 Å². The maximum absolute atomic E-state index is 8.87. The molecule has 0 saturated carbocycles. The topological polar surface area (TPSA) is 61.6 Å². The Hall–Kier alpha value is -2.41.